The maximum Gasteiger partial charge on any atom is 0.123 e. The van der Waals surface area contributed by atoms with E-state index in [1.807, 2.05) is 33.0 Å². The van der Waals surface area contributed by atoms with E-state index in [4.69, 9.17) is 4.42 Å². The Morgan fingerprint density at radius 1 is 1.22 bits per heavy atom. The van der Waals surface area contributed by atoms with Gasteiger partial charge in [-0.1, -0.05) is 12.1 Å². The normalized spacial score (nSPS) is 12.7. The van der Waals surface area contributed by atoms with E-state index < -0.39 is 0 Å². The summed E-state index contributed by atoms with van der Waals surface area (Å²) in [7, 11) is 1.93. The molecule has 1 aromatic carbocycles. The van der Waals surface area contributed by atoms with E-state index >= 15 is 0 Å². The zero-order valence-electron chi connectivity index (χ0n) is 11.0. The van der Waals surface area contributed by atoms with Crippen LogP contribution in [-0.2, 0) is 6.42 Å². The van der Waals surface area contributed by atoms with Crippen LogP contribution in [0.4, 0.5) is 4.39 Å². The first-order valence-corrected chi connectivity index (χ1v) is 6.09. The molecule has 0 bridgehead atoms. The molecule has 0 aliphatic heterocycles. The average Bonchev–Trinajstić information content (AvgIpc) is 2.68. The molecule has 1 unspecified atom stereocenters. The van der Waals surface area contributed by atoms with Gasteiger partial charge in [0, 0.05) is 11.6 Å². The molecule has 0 amide bonds. The number of nitrogens with one attached hydrogen (secondary N) is 1. The van der Waals surface area contributed by atoms with E-state index in [9.17, 15) is 4.39 Å². The lowest BCUT2D eigenvalue weighted by atomic mass is 9.99. The second kappa shape index (κ2) is 5.36. The fraction of sp³-hybridized carbons (Fsp3) is 0.333. The van der Waals surface area contributed by atoms with Crippen LogP contribution in [0, 0.1) is 19.7 Å². The van der Waals surface area contributed by atoms with Crippen molar-refractivity contribution >= 4 is 0 Å². The van der Waals surface area contributed by atoms with E-state index in [-0.39, 0.29) is 11.9 Å². The van der Waals surface area contributed by atoms with Gasteiger partial charge in [0.05, 0.1) is 0 Å². The highest BCUT2D eigenvalue weighted by atomic mass is 19.1. The Bertz CT molecular complexity index is 516. The van der Waals surface area contributed by atoms with Crippen molar-refractivity contribution in [3.8, 4) is 0 Å². The molecule has 0 saturated carbocycles. The van der Waals surface area contributed by atoms with Gasteiger partial charge in [-0.2, -0.15) is 0 Å². The Kier molecular flexibility index (Phi) is 3.82. The van der Waals surface area contributed by atoms with Gasteiger partial charge < -0.3 is 9.73 Å². The third-order valence-corrected chi connectivity index (χ3v) is 3.16. The Labute approximate surface area is 107 Å². The number of likely N-dealkylation sites (N-methyl/N-ethyl adjacent to an activating group) is 1. The molecule has 1 atom stereocenters. The molecule has 1 aromatic heterocycles. The van der Waals surface area contributed by atoms with Gasteiger partial charge in [-0.3, -0.25) is 0 Å². The predicted octanol–water partition coefficient (Wildman–Crippen LogP) is 3.54. The third kappa shape index (κ3) is 2.79. The largest absolute Gasteiger partial charge is 0.466 e. The van der Waals surface area contributed by atoms with Crippen molar-refractivity contribution in [2.75, 3.05) is 7.05 Å². The highest BCUT2D eigenvalue weighted by Gasteiger charge is 2.15. The summed E-state index contributed by atoms with van der Waals surface area (Å²) in [5.41, 5.74) is 2.27. The molecule has 2 rings (SSSR count). The highest BCUT2D eigenvalue weighted by molar-refractivity contribution is 5.27. The van der Waals surface area contributed by atoms with Crippen LogP contribution in [0.25, 0.3) is 0 Å². The zero-order chi connectivity index (χ0) is 13.1. The molecule has 3 heteroatoms. The van der Waals surface area contributed by atoms with Gasteiger partial charge >= 0.3 is 0 Å². The Balaban J connectivity index is 2.19. The van der Waals surface area contributed by atoms with Crippen LogP contribution in [0.1, 0.15) is 28.7 Å². The molecule has 0 fully saturated rings. The number of hydrogen-bond donors (Lipinski definition) is 1. The molecule has 1 heterocycles. The summed E-state index contributed by atoms with van der Waals surface area (Å²) in [5, 5.41) is 3.28. The van der Waals surface area contributed by atoms with Crippen LogP contribution >= 0.6 is 0 Å². The lowest BCUT2D eigenvalue weighted by Gasteiger charge is -2.15. The van der Waals surface area contributed by atoms with Crippen LogP contribution in [0.15, 0.2) is 34.7 Å². The molecule has 18 heavy (non-hydrogen) atoms. The molecule has 2 nitrogen and oxygen atoms in total. The molecule has 0 spiro atoms. The molecule has 0 aliphatic rings. The van der Waals surface area contributed by atoms with Crippen molar-refractivity contribution in [1.29, 1.82) is 0 Å². The van der Waals surface area contributed by atoms with Crippen molar-refractivity contribution in [3.63, 3.8) is 0 Å². The fourth-order valence-electron chi connectivity index (χ4n) is 2.22. The summed E-state index contributed by atoms with van der Waals surface area (Å²) < 4.78 is 18.4. The van der Waals surface area contributed by atoms with Gasteiger partial charge in [0.25, 0.3) is 0 Å². The van der Waals surface area contributed by atoms with Crippen molar-refractivity contribution in [2.45, 2.75) is 26.3 Å². The Morgan fingerprint density at radius 2 is 1.89 bits per heavy atom. The quantitative estimate of drug-likeness (QED) is 0.894. The van der Waals surface area contributed by atoms with Gasteiger partial charge in [-0.25, -0.2) is 4.39 Å². The maximum absolute atomic E-state index is 12.9. The van der Waals surface area contributed by atoms with Crippen LogP contribution in [-0.4, -0.2) is 7.05 Å². The number of rotatable bonds is 4. The van der Waals surface area contributed by atoms with E-state index in [2.05, 4.69) is 11.4 Å². The summed E-state index contributed by atoms with van der Waals surface area (Å²) in [5.74, 6) is 1.66. The second-order valence-corrected chi connectivity index (χ2v) is 4.54. The fourth-order valence-corrected chi connectivity index (χ4v) is 2.22. The van der Waals surface area contributed by atoms with E-state index in [1.165, 1.54) is 17.7 Å². The molecular formula is C15H18FNO. The molecule has 96 valence electrons. The van der Waals surface area contributed by atoms with Gasteiger partial charge in [-0.15, -0.1) is 0 Å². The minimum absolute atomic E-state index is 0.188. The number of furan rings is 1. The lowest BCUT2D eigenvalue weighted by molar-refractivity contribution is 0.490. The highest BCUT2D eigenvalue weighted by Crippen LogP contribution is 2.24. The monoisotopic (exact) mass is 247 g/mol. The first-order valence-electron chi connectivity index (χ1n) is 6.09. The average molecular weight is 247 g/mol. The minimum Gasteiger partial charge on any atom is -0.466 e. The summed E-state index contributed by atoms with van der Waals surface area (Å²) in [4.78, 5) is 0. The number of benzene rings is 1. The first kappa shape index (κ1) is 12.8. The lowest BCUT2D eigenvalue weighted by Crippen LogP contribution is -2.19. The van der Waals surface area contributed by atoms with Crippen LogP contribution in [0.5, 0.6) is 0 Å². The zero-order valence-corrected chi connectivity index (χ0v) is 11.0. The smallest absolute Gasteiger partial charge is 0.123 e. The summed E-state index contributed by atoms with van der Waals surface area (Å²) in [6.45, 7) is 3.92. The Morgan fingerprint density at radius 3 is 2.39 bits per heavy atom. The van der Waals surface area contributed by atoms with Crippen molar-refractivity contribution in [1.82, 2.24) is 5.32 Å². The van der Waals surface area contributed by atoms with Crippen LogP contribution in [0.2, 0.25) is 0 Å². The molecule has 2 aromatic rings. The van der Waals surface area contributed by atoms with E-state index in [0.29, 0.717) is 0 Å². The summed E-state index contributed by atoms with van der Waals surface area (Å²) in [6.07, 6.45) is 0.816. The molecule has 0 saturated heterocycles. The maximum atomic E-state index is 12.9. The van der Waals surface area contributed by atoms with Crippen molar-refractivity contribution in [2.24, 2.45) is 0 Å². The van der Waals surface area contributed by atoms with Crippen molar-refractivity contribution in [3.05, 3.63) is 58.8 Å². The van der Waals surface area contributed by atoms with E-state index in [1.54, 1.807) is 0 Å². The van der Waals surface area contributed by atoms with Crippen LogP contribution in [0.3, 0.4) is 0 Å². The molecule has 0 radical (unpaired) electrons. The topological polar surface area (TPSA) is 25.2 Å². The summed E-state index contributed by atoms with van der Waals surface area (Å²) >= 11 is 0. The number of halogens is 1. The predicted molar refractivity (Wildman–Crippen MR) is 70.1 cm³/mol. The number of aryl methyl sites for hydroxylation is 2. The second-order valence-electron chi connectivity index (χ2n) is 4.54. The third-order valence-electron chi connectivity index (χ3n) is 3.16. The van der Waals surface area contributed by atoms with Gasteiger partial charge in [0.1, 0.15) is 17.3 Å². The minimum atomic E-state index is -0.199. The van der Waals surface area contributed by atoms with E-state index in [0.717, 1.165) is 23.5 Å². The van der Waals surface area contributed by atoms with Crippen molar-refractivity contribution < 1.29 is 8.81 Å². The number of hydrogen-bond acceptors (Lipinski definition) is 2. The molecular weight excluding hydrogens is 229 g/mol. The van der Waals surface area contributed by atoms with Gasteiger partial charge in [0.15, 0.2) is 0 Å². The van der Waals surface area contributed by atoms with Gasteiger partial charge in [-0.05, 0) is 51.1 Å². The SMILES string of the molecule is CNC(Cc1ccc(F)cc1)c1cc(C)oc1C. The molecule has 0 aliphatic carbocycles. The van der Waals surface area contributed by atoms with Gasteiger partial charge in [0.2, 0.25) is 0 Å². The first-order chi connectivity index (χ1) is 8.60. The standard InChI is InChI=1S/C15H18FNO/c1-10-8-14(11(2)18-10)15(17-3)9-12-4-6-13(16)7-5-12/h4-8,15,17H,9H2,1-3H3. The van der Waals surface area contributed by atoms with Crippen LogP contribution < -0.4 is 5.32 Å². The molecule has 1 N–H and O–H groups in total. The summed E-state index contributed by atoms with van der Waals surface area (Å²) in [6, 6.07) is 8.88. The Hall–Kier alpha value is -1.61.